The van der Waals surface area contributed by atoms with E-state index in [9.17, 15) is 5.26 Å². The van der Waals surface area contributed by atoms with Gasteiger partial charge in [0.05, 0.1) is 12.2 Å². The molecule has 0 N–H and O–H groups in total. The zero-order chi connectivity index (χ0) is 17.9. The Morgan fingerprint density at radius 2 is 1.76 bits per heavy atom. The second-order valence-electron chi connectivity index (χ2n) is 7.60. The van der Waals surface area contributed by atoms with Crippen LogP contribution in [-0.2, 0) is 0 Å². The molecule has 0 aliphatic heterocycles. The van der Waals surface area contributed by atoms with E-state index in [1.165, 1.54) is 69.8 Å². The smallest absolute Gasteiger partial charge is 0.140 e. The monoisotopic (exact) mass is 341 g/mol. The van der Waals surface area contributed by atoms with Crippen molar-refractivity contribution in [1.82, 2.24) is 0 Å². The number of hydrogen-bond donors (Lipinski definition) is 0. The van der Waals surface area contributed by atoms with Crippen LogP contribution in [0.1, 0.15) is 102 Å². The van der Waals surface area contributed by atoms with E-state index >= 15 is 0 Å². The van der Waals surface area contributed by atoms with Crippen LogP contribution in [0.4, 0.5) is 0 Å². The summed E-state index contributed by atoms with van der Waals surface area (Å²) in [6, 6.07) is 8.40. The van der Waals surface area contributed by atoms with Crippen LogP contribution in [-0.4, -0.2) is 6.61 Å². The van der Waals surface area contributed by atoms with E-state index in [0.29, 0.717) is 18.1 Å². The van der Waals surface area contributed by atoms with E-state index in [-0.39, 0.29) is 0 Å². The van der Waals surface area contributed by atoms with Gasteiger partial charge < -0.3 is 4.74 Å². The first-order valence-corrected chi connectivity index (χ1v) is 10.5. The third-order valence-electron chi connectivity index (χ3n) is 5.62. The van der Waals surface area contributed by atoms with E-state index in [1.807, 2.05) is 12.1 Å². The predicted octanol–water partition coefficient (Wildman–Crippen LogP) is 6.98. The highest BCUT2D eigenvalue weighted by Gasteiger charge is 2.25. The van der Waals surface area contributed by atoms with Gasteiger partial charge in [-0.2, -0.15) is 5.26 Å². The van der Waals surface area contributed by atoms with E-state index in [2.05, 4.69) is 26.0 Å². The summed E-state index contributed by atoms with van der Waals surface area (Å²) in [6.45, 7) is 5.08. The average Bonchev–Trinajstić information content (AvgIpc) is 2.66. The van der Waals surface area contributed by atoms with Crippen molar-refractivity contribution in [3.63, 3.8) is 0 Å². The molecule has 138 valence electrons. The van der Waals surface area contributed by atoms with Crippen LogP contribution in [0.25, 0.3) is 0 Å². The first kappa shape index (κ1) is 19.8. The zero-order valence-electron chi connectivity index (χ0n) is 16.2. The van der Waals surface area contributed by atoms with E-state index in [0.717, 1.165) is 18.1 Å². The van der Waals surface area contributed by atoms with Crippen molar-refractivity contribution < 1.29 is 4.74 Å². The van der Waals surface area contributed by atoms with Gasteiger partial charge in [0.15, 0.2) is 0 Å². The number of para-hydroxylation sites is 1. The Hall–Kier alpha value is -1.49. The number of rotatable bonds is 10. The van der Waals surface area contributed by atoms with Crippen molar-refractivity contribution >= 4 is 0 Å². The summed E-state index contributed by atoms with van der Waals surface area (Å²) < 4.78 is 5.97. The van der Waals surface area contributed by atoms with Crippen LogP contribution in [0.3, 0.4) is 0 Å². The molecule has 0 atom stereocenters. The maximum atomic E-state index is 9.41. The number of unbranched alkanes of at least 4 members (excludes halogenated alkanes) is 4. The SMILES string of the molecule is CCCCCCCC1CCC(c2cccc(C#N)c2OCCC)CC1. The lowest BCUT2D eigenvalue weighted by Gasteiger charge is -2.30. The lowest BCUT2D eigenvalue weighted by Crippen LogP contribution is -2.15. The molecule has 0 saturated heterocycles. The largest absolute Gasteiger partial charge is 0.492 e. The van der Waals surface area contributed by atoms with Crippen molar-refractivity contribution in [2.24, 2.45) is 5.92 Å². The molecule has 1 aliphatic rings. The molecule has 0 amide bonds. The molecule has 0 bridgehead atoms. The minimum absolute atomic E-state index is 0.566. The van der Waals surface area contributed by atoms with Crippen LogP contribution in [0.5, 0.6) is 5.75 Å². The van der Waals surface area contributed by atoms with E-state index in [1.54, 1.807) is 0 Å². The molecule has 0 heterocycles. The highest BCUT2D eigenvalue weighted by molar-refractivity contribution is 5.50. The van der Waals surface area contributed by atoms with Crippen molar-refractivity contribution in [3.05, 3.63) is 29.3 Å². The standard InChI is InChI=1S/C23H35NO/c1-3-5-6-7-8-10-19-13-15-20(16-14-19)22-12-9-11-21(18-24)23(22)25-17-4-2/h9,11-12,19-20H,3-8,10,13-17H2,1-2H3. The van der Waals surface area contributed by atoms with E-state index < -0.39 is 0 Å². The molecule has 2 rings (SSSR count). The summed E-state index contributed by atoms with van der Waals surface area (Å²) in [5.41, 5.74) is 1.97. The second-order valence-corrected chi connectivity index (χ2v) is 7.60. The fraction of sp³-hybridized carbons (Fsp3) is 0.696. The van der Waals surface area contributed by atoms with Gasteiger partial charge in [-0.1, -0.05) is 64.5 Å². The van der Waals surface area contributed by atoms with Gasteiger partial charge in [-0.05, 0) is 55.6 Å². The van der Waals surface area contributed by atoms with Gasteiger partial charge in [0.25, 0.3) is 0 Å². The number of ether oxygens (including phenoxy) is 1. The molecule has 0 radical (unpaired) electrons. The van der Waals surface area contributed by atoms with Crippen LogP contribution in [0.15, 0.2) is 18.2 Å². The average molecular weight is 342 g/mol. The Morgan fingerprint density at radius 1 is 1.00 bits per heavy atom. The minimum atomic E-state index is 0.566. The molecule has 0 unspecified atom stereocenters. The van der Waals surface area contributed by atoms with Crippen molar-refractivity contribution in [1.29, 1.82) is 5.26 Å². The molecule has 1 aliphatic carbocycles. The van der Waals surface area contributed by atoms with Gasteiger partial charge in [-0.15, -0.1) is 0 Å². The Labute approximate surface area is 154 Å². The number of hydrogen-bond acceptors (Lipinski definition) is 2. The molecule has 1 aromatic carbocycles. The third kappa shape index (κ3) is 6.07. The van der Waals surface area contributed by atoms with Gasteiger partial charge in [-0.3, -0.25) is 0 Å². The number of benzene rings is 1. The van der Waals surface area contributed by atoms with Gasteiger partial charge in [0.2, 0.25) is 0 Å². The Morgan fingerprint density at radius 3 is 2.44 bits per heavy atom. The topological polar surface area (TPSA) is 33.0 Å². The highest BCUT2D eigenvalue weighted by Crippen LogP contribution is 2.42. The van der Waals surface area contributed by atoms with Crippen LogP contribution < -0.4 is 4.74 Å². The second kappa shape index (κ2) is 11.2. The quantitative estimate of drug-likeness (QED) is 0.430. The summed E-state index contributed by atoms with van der Waals surface area (Å²) >= 11 is 0. The van der Waals surface area contributed by atoms with Crippen molar-refractivity contribution in [3.8, 4) is 11.8 Å². The molecule has 1 saturated carbocycles. The summed E-state index contributed by atoms with van der Waals surface area (Å²) in [5.74, 6) is 2.34. The fourth-order valence-electron chi connectivity index (χ4n) is 4.13. The summed E-state index contributed by atoms with van der Waals surface area (Å²) in [6.07, 6.45) is 14.5. The van der Waals surface area contributed by atoms with Gasteiger partial charge in [0, 0.05) is 0 Å². The van der Waals surface area contributed by atoms with Crippen LogP contribution >= 0.6 is 0 Å². The molecule has 1 fully saturated rings. The van der Waals surface area contributed by atoms with Gasteiger partial charge in [0.1, 0.15) is 11.8 Å². The minimum Gasteiger partial charge on any atom is -0.492 e. The first-order valence-electron chi connectivity index (χ1n) is 10.5. The maximum absolute atomic E-state index is 9.41. The first-order chi connectivity index (χ1) is 12.3. The lowest BCUT2D eigenvalue weighted by molar-refractivity contribution is 0.284. The summed E-state index contributed by atoms with van der Waals surface area (Å²) in [4.78, 5) is 0. The maximum Gasteiger partial charge on any atom is 0.140 e. The normalized spacial score (nSPS) is 20.2. The summed E-state index contributed by atoms with van der Waals surface area (Å²) in [5, 5.41) is 9.41. The number of nitrogens with zero attached hydrogens (tertiary/aromatic N) is 1. The lowest BCUT2D eigenvalue weighted by atomic mass is 9.76. The Balaban J connectivity index is 1.89. The molecular weight excluding hydrogens is 306 g/mol. The molecule has 0 spiro atoms. The molecule has 1 aromatic rings. The zero-order valence-corrected chi connectivity index (χ0v) is 16.2. The third-order valence-corrected chi connectivity index (χ3v) is 5.62. The molecule has 0 aromatic heterocycles. The van der Waals surface area contributed by atoms with Gasteiger partial charge >= 0.3 is 0 Å². The van der Waals surface area contributed by atoms with Crippen LogP contribution in [0.2, 0.25) is 0 Å². The van der Waals surface area contributed by atoms with Gasteiger partial charge in [-0.25, -0.2) is 0 Å². The fourth-order valence-corrected chi connectivity index (χ4v) is 4.13. The molecular formula is C23H35NO. The molecule has 25 heavy (non-hydrogen) atoms. The van der Waals surface area contributed by atoms with E-state index in [4.69, 9.17) is 4.74 Å². The molecule has 2 nitrogen and oxygen atoms in total. The predicted molar refractivity (Wildman–Crippen MR) is 105 cm³/mol. The van der Waals surface area contributed by atoms with Crippen molar-refractivity contribution in [2.45, 2.75) is 90.4 Å². The summed E-state index contributed by atoms with van der Waals surface area (Å²) in [7, 11) is 0. The Kier molecular flexibility index (Phi) is 8.87. The van der Waals surface area contributed by atoms with Crippen LogP contribution in [0, 0.1) is 17.2 Å². The van der Waals surface area contributed by atoms with Crippen molar-refractivity contribution in [2.75, 3.05) is 6.61 Å². The number of nitriles is 1. The highest BCUT2D eigenvalue weighted by atomic mass is 16.5. The molecule has 2 heteroatoms. The Bertz CT molecular complexity index is 538.